The van der Waals surface area contributed by atoms with Crippen molar-refractivity contribution in [1.29, 1.82) is 0 Å². The van der Waals surface area contributed by atoms with E-state index in [1.807, 2.05) is 0 Å². The standard InChI is InChI=1S/C17H27NO/c1-12-9-10-16(17(11-12)19-4)14(3)18-13(2)15-7-5-6-8-15/h9-11,13-15,18H,5-8H2,1-4H3. The molecule has 0 saturated heterocycles. The van der Waals surface area contributed by atoms with Crippen molar-refractivity contribution in [2.24, 2.45) is 5.92 Å². The van der Waals surface area contributed by atoms with Gasteiger partial charge in [-0.1, -0.05) is 25.0 Å². The lowest BCUT2D eigenvalue weighted by atomic mass is 9.97. The van der Waals surface area contributed by atoms with Crippen LogP contribution in [0.3, 0.4) is 0 Å². The Bertz CT molecular complexity index is 410. The Kier molecular flexibility index (Phi) is 4.87. The predicted octanol–water partition coefficient (Wildman–Crippen LogP) is 4.23. The van der Waals surface area contributed by atoms with E-state index in [1.165, 1.54) is 36.8 Å². The minimum Gasteiger partial charge on any atom is -0.496 e. The number of hydrogen-bond acceptors (Lipinski definition) is 2. The average Bonchev–Trinajstić information content (AvgIpc) is 2.92. The van der Waals surface area contributed by atoms with Crippen LogP contribution in [0.1, 0.15) is 56.7 Å². The van der Waals surface area contributed by atoms with Gasteiger partial charge in [-0.05, 0) is 51.2 Å². The second-order valence-corrected chi connectivity index (χ2v) is 5.97. The van der Waals surface area contributed by atoms with Gasteiger partial charge in [0.2, 0.25) is 0 Å². The van der Waals surface area contributed by atoms with Gasteiger partial charge in [0.05, 0.1) is 7.11 Å². The molecule has 1 aromatic rings. The van der Waals surface area contributed by atoms with Gasteiger partial charge in [-0.2, -0.15) is 0 Å². The SMILES string of the molecule is COc1cc(C)ccc1C(C)NC(C)C1CCCC1. The van der Waals surface area contributed by atoms with Crippen LogP contribution in [0.5, 0.6) is 5.75 Å². The summed E-state index contributed by atoms with van der Waals surface area (Å²) in [5.41, 5.74) is 2.51. The quantitative estimate of drug-likeness (QED) is 0.856. The maximum absolute atomic E-state index is 5.51. The van der Waals surface area contributed by atoms with Gasteiger partial charge in [-0.15, -0.1) is 0 Å². The van der Waals surface area contributed by atoms with Gasteiger partial charge in [0.1, 0.15) is 5.75 Å². The van der Waals surface area contributed by atoms with Gasteiger partial charge in [0, 0.05) is 17.6 Å². The first kappa shape index (κ1) is 14.4. The van der Waals surface area contributed by atoms with Gasteiger partial charge < -0.3 is 10.1 Å². The van der Waals surface area contributed by atoms with Crippen molar-refractivity contribution in [3.63, 3.8) is 0 Å². The molecule has 0 aromatic heterocycles. The molecule has 2 nitrogen and oxygen atoms in total. The van der Waals surface area contributed by atoms with Gasteiger partial charge in [-0.25, -0.2) is 0 Å². The van der Waals surface area contributed by atoms with Crippen molar-refractivity contribution in [3.05, 3.63) is 29.3 Å². The van der Waals surface area contributed by atoms with Gasteiger partial charge in [0.15, 0.2) is 0 Å². The maximum atomic E-state index is 5.51. The largest absolute Gasteiger partial charge is 0.496 e. The zero-order chi connectivity index (χ0) is 13.8. The van der Waals surface area contributed by atoms with Crippen LogP contribution < -0.4 is 10.1 Å². The summed E-state index contributed by atoms with van der Waals surface area (Å²) in [6.45, 7) is 6.66. The lowest BCUT2D eigenvalue weighted by Crippen LogP contribution is -2.34. The number of methoxy groups -OCH3 is 1. The molecule has 1 fully saturated rings. The molecule has 106 valence electrons. The molecule has 2 unspecified atom stereocenters. The molecule has 0 bridgehead atoms. The van der Waals surface area contributed by atoms with Crippen LogP contribution >= 0.6 is 0 Å². The predicted molar refractivity (Wildman–Crippen MR) is 80.7 cm³/mol. The van der Waals surface area contributed by atoms with Crippen LogP contribution in [0.2, 0.25) is 0 Å². The van der Waals surface area contributed by atoms with Crippen molar-refractivity contribution in [1.82, 2.24) is 5.32 Å². The molecule has 1 aliphatic rings. The highest BCUT2D eigenvalue weighted by Gasteiger charge is 2.23. The minimum atomic E-state index is 0.339. The highest BCUT2D eigenvalue weighted by atomic mass is 16.5. The van der Waals surface area contributed by atoms with E-state index in [2.05, 4.69) is 44.3 Å². The van der Waals surface area contributed by atoms with E-state index in [0.29, 0.717) is 12.1 Å². The van der Waals surface area contributed by atoms with E-state index >= 15 is 0 Å². The van der Waals surface area contributed by atoms with Crippen LogP contribution in [-0.2, 0) is 0 Å². The molecule has 0 heterocycles. The number of benzene rings is 1. The second kappa shape index (κ2) is 6.42. The molecule has 0 spiro atoms. The Morgan fingerprint density at radius 1 is 1.21 bits per heavy atom. The van der Waals surface area contributed by atoms with E-state index in [4.69, 9.17) is 4.74 Å². The van der Waals surface area contributed by atoms with Crippen molar-refractivity contribution in [3.8, 4) is 5.75 Å². The molecule has 0 radical (unpaired) electrons. The number of aryl methyl sites for hydroxylation is 1. The second-order valence-electron chi connectivity index (χ2n) is 5.97. The summed E-state index contributed by atoms with van der Waals surface area (Å²) in [4.78, 5) is 0. The van der Waals surface area contributed by atoms with E-state index in [1.54, 1.807) is 7.11 Å². The fourth-order valence-corrected chi connectivity index (χ4v) is 3.25. The Morgan fingerprint density at radius 2 is 1.89 bits per heavy atom. The summed E-state index contributed by atoms with van der Waals surface area (Å²) in [5.74, 6) is 1.84. The molecule has 19 heavy (non-hydrogen) atoms. The molecule has 2 rings (SSSR count). The summed E-state index contributed by atoms with van der Waals surface area (Å²) >= 11 is 0. The zero-order valence-corrected chi connectivity index (χ0v) is 12.7. The zero-order valence-electron chi connectivity index (χ0n) is 12.7. The normalized spacial score (nSPS) is 19.4. The monoisotopic (exact) mass is 261 g/mol. The average molecular weight is 261 g/mol. The topological polar surface area (TPSA) is 21.3 Å². The number of nitrogens with one attached hydrogen (secondary N) is 1. The van der Waals surface area contributed by atoms with Gasteiger partial charge in [-0.3, -0.25) is 0 Å². The van der Waals surface area contributed by atoms with Crippen molar-refractivity contribution < 1.29 is 4.74 Å². The number of hydrogen-bond donors (Lipinski definition) is 1. The molecular weight excluding hydrogens is 234 g/mol. The van der Waals surface area contributed by atoms with Crippen LogP contribution in [0, 0.1) is 12.8 Å². The molecule has 2 atom stereocenters. The van der Waals surface area contributed by atoms with E-state index in [-0.39, 0.29) is 0 Å². The summed E-state index contributed by atoms with van der Waals surface area (Å²) in [7, 11) is 1.76. The fraction of sp³-hybridized carbons (Fsp3) is 0.647. The molecule has 1 aliphatic carbocycles. The maximum Gasteiger partial charge on any atom is 0.123 e. The molecule has 2 heteroatoms. The number of ether oxygens (including phenoxy) is 1. The summed E-state index contributed by atoms with van der Waals surface area (Å²) in [6.07, 6.45) is 5.57. The van der Waals surface area contributed by atoms with E-state index in [9.17, 15) is 0 Å². The minimum absolute atomic E-state index is 0.339. The molecule has 1 aromatic carbocycles. The van der Waals surface area contributed by atoms with Gasteiger partial charge >= 0.3 is 0 Å². The molecule has 1 N–H and O–H groups in total. The lowest BCUT2D eigenvalue weighted by molar-refractivity contribution is 0.343. The summed E-state index contributed by atoms with van der Waals surface area (Å²) in [5, 5.41) is 3.75. The summed E-state index contributed by atoms with van der Waals surface area (Å²) < 4.78 is 5.51. The highest BCUT2D eigenvalue weighted by molar-refractivity contribution is 5.39. The van der Waals surface area contributed by atoms with Crippen LogP contribution in [0.15, 0.2) is 18.2 Å². The molecular formula is C17H27NO. The van der Waals surface area contributed by atoms with Crippen LogP contribution in [0.25, 0.3) is 0 Å². The van der Waals surface area contributed by atoms with Gasteiger partial charge in [0.25, 0.3) is 0 Å². The van der Waals surface area contributed by atoms with Crippen LogP contribution in [0.4, 0.5) is 0 Å². The Balaban J connectivity index is 2.04. The highest BCUT2D eigenvalue weighted by Crippen LogP contribution is 2.31. The third kappa shape index (κ3) is 3.50. The first-order valence-electron chi connectivity index (χ1n) is 7.52. The van der Waals surface area contributed by atoms with Crippen molar-refractivity contribution in [2.45, 2.75) is 58.5 Å². The molecule has 0 aliphatic heterocycles. The van der Waals surface area contributed by atoms with Crippen LogP contribution in [-0.4, -0.2) is 13.2 Å². The van der Waals surface area contributed by atoms with E-state index in [0.717, 1.165) is 11.7 Å². The first-order valence-corrected chi connectivity index (χ1v) is 7.52. The summed E-state index contributed by atoms with van der Waals surface area (Å²) in [6, 6.07) is 7.40. The smallest absolute Gasteiger partial charge is 0.123 e. The van der Waals surface area contributed by atoms with E-state index < -0.39 is 0 Å². The van der Waals surface area contributed by atoms with Crippen molar-refractivity contribution in [2.75, 3.05) is 7.11 Å². The fourth-order valence-electron chi connectivity index (χ4n) is 3.25. The Labute approximate surface area is 117 Å². The third-order valence-electron chi connectivity index (χ3n) is 4.48. The Hall–Kier alpha value is -1.02. The molecule has 1 saturated carbocycles. The lowest BCUT2D eigenvalue weighted by Gasteiger charge is -2.26. The number of rotatable bonds is 5. The third-order valence-corrected chi connectivity index (χ3v) is 4.48. The van der Waals surface area contributed by atoms with Crippen molar-refractivity contribution >= 4 is 0 Å². The Morgan fingerprint density at radius 3 is 2.53 bits per heavy atom. The first-order chi connectivity index (χ1) is 9.11. The molecule has 0 amide bonds.